The molecule has 6 heteroatoms. The van der Waals surface area contributed by atoms with Crippen molar-refractivity contribution in [3.8, 4) is 5.75 Å². The van der Waals surface area contributed by atoms with Crippen molar-refractivity contribution in [2.75, 3.05) is 18.5 Å². The lowest BCUT2D eigenvalue weighted by molar-refractivity contribution is -0.116. The quantitative estimate of drug-likeness (QED) is 0.771. The third kappa shape index (κ3) is 5.59. The zero-order valence-electron chi connectivity index (χ0n) is 13.3. The minimum absolute atomic E-state index is 0.180. The second-order valence-corrected chi connectivity index (χ2v) is 5.34. The average Bonchev–Trinajstić information content (AvgIpc) is 2.56. The van der Waals surface area contributed by atoms with E-state index in [1.54, 1.807) is 55.5 Å². The van der Waals surface area contributed by atoms with E-state index >= 15 is 0 Å². The molecule has 0 fully saturated rings. The summed E-state index contributed by atoms with van der Waals surface area (Å²) in [6.07, 6.45) is 0.201. The molecule has 0 aromatic heterocycles. The maximum absolute atomic E-state index is 11.9. The van der Waals surface area contributed by atoms with Gasteiger partial charge in [-0.15, -0.1) is 0 Å². The second kappa shape index (κ2) is 8.93. The van der Waals surface area contributed by atoms with Gasteiger partial charge >= 0.3 is 5.97 Å². The average molecular weight is 348 g/mol. The van der Waals surface area contributed by atoms with Gasteiger partial charge in [0.05, 0.1) is 25.2 Å². The molecule has 1 amide bonds. The number of hydrogen-bond acceptors (Lipinski definition) is 4. The molecule has 0 atom stereocenters. The van der Waals surface area contributed by atoms with Gasteiger partial charge in [-0.1, -0.05) is 17.7 Å². The number of carbonyl (C=O) groups is 2. The Morgan fingerprint density at radius 3 is 2.54 bits per heavy atom. The van der Waals surface area contributed by atoms with Gasteiger partial charge in [-0.05, 0) is 49.4 Å². The summed E-state index contributed by atoms with van der Waals surface area (Å²) in [6, 6.07) is 13.5. The molecule has 0 saturated heterocycles. The standard InChI is InChI=1S/C18H18ClNO4/c1-2-23-18(22)13-6-8-15(9-7-13)20-17(21)10-11-24-16-5-3-4-14(19)12-16/h3-9,12H,2,10-11H2,1H3,(H,20,21). The molecule has 1 N–H and O–H groups in total. The van der Waals surface area contributed by atoms with Crippen LogP contribution in [0.1, 0.15) is 23.7 Å². The summed E-state index contributed by atoms with van der Waals surface area (Å²) in [4.78, 5) is 23.4. The molecule has 0 aliphatic rings. The van der Waals surface area contributed by atoms with E-state index < -0.39 is 0 Å². The first-order valence-corrected chi connectivity index (χ1v) is 7.91. The molecular formula is C18H18ClNO4. The minimum Gasteiger partial charge on any atom is -0.493 e. The number of esters is 1. The van der Waals surface area contributed by atoms with E-state index in [-0.39, 0.29) is 24.9 Å². The van der Waals surface area contributed by atoms with E-state index in [0.29, 0.717) is 28.6 Å². The molecule has 0 unspecified atom stereocenters. The Kier molecular flexibility index (Phi) is 6.63. The van der Waals surface area contributed by atoms with Gasteiger partial charge in [0.2, 0.25) is 5.91 Å². The summed E-state index contributed by atoms with van der Waals surface area (Å²) < 4.78 is 10.4. The van der Waals surface area contributed by atoms with Crippen LogP contribution >= 0.6 is 11.6 Å². The molecule has 2 aromatic rings. The van der Waals surface area contributed by atoms with Crippen LogP contribution in [0.15, 0.2) is 48.5 Å². The number of rotatable bonds is 7. The highest BCUT2D eigenvalue weighted by Gasteiger charge is 2.07. The van der Waals surface area contributed by atoms with Gasteiger partial charge in [0.15, 0.2) is 0 Å². The van der Waals surface area contributed by atoms with Crippen molar-refractivity contribution in [1.29, 1.82) is 0 Å². The van der Waals surface area contributed by atoms with Gasteiger partial charge in [0.1, 0.15) is 5.75 Å². The van der Waals surface area contributed by atoms with Crippen LogP contribution in [0.4, 0.5) is 5.69 Å². The van der Waals surface area contributed by atoms with Crippen LogP contribution in [0, 0.1) is 0 Å². The van der Waals surface area contributed by atoms with Gasteiger partial charge < -0.3 is 14.8 Å². The number of nitrogens with one attached hydrogen (secondary N) is 1. The Hall–Kier alpha value is -2.53. The lowest BCUT2D eigenvalue weighted by Crippen LogP contribution is -2.15. The van der Waals surface area contributed by atoms with E-state index in [1.807, 2.05) is 0 Å². The predicted octanol–water partition coefficient (Wildman–Crippen LogP) is 3.92. The number of anilines is 1. The lowest BCUT2D eigenvalue weighted by Gasteiger charge is -2.08. The summed E-state index contributed by atoms with van der Waals surface area (Å²) in [6.45, 7) is 2.31. The molecule has 0 spiro atoms. The molecule has 0 saturated carbocycles. The zero-order chi connectivity index (χ0) is 17.4. The third-order valence-electron chi connectivity index (χ3n) is 3.07. The lowest BCUT2D eigenvalue weighted by atomic mass is 10.2. The van der Waals surface area contributed by atoms with E-state index in [0.717, 1.165) is 0 Å². The number of halogens is 1. The highest BCUT2D eigenvalue weighted by Crippen LogP contribution is 2.17. The number of benzene rings is 2. The molecule has 2 rings (SSSR count). The molecule has 5 nitrogen and oxygen atoms in total. The van der Waals surface area contributed by atoms with E-state index in [9.17, 15) is 9.59 Å². The summed E-state index contributed by atoms with van der Waals surface area (Å²) in [5, 5.41) is 3.32. The molecule has 0 radical (unpaired) electrons. The first-order valence-electron chi connectivity index (χ1n) is 7.54. The Morgan fingerprint density at radius 2 is 1.88 bits per heavy atom. The van der Waals surface area contributed by atoms with Crippen LogP contribution in [-0.2, 0) is 9.53 Å². The van der Waals surface area contributed by atoms with Crippen molar-refractivity contribution in [2.45, 2.75) is 13.3 Å². The largest absolute Gasteiger partial charge is 0.493 e. The molecule has 2 aromatic carbocycles. The Bertz CT molecular complexity index is 700. The Balaban J connectivity index is 1.78. The predicted molar refractivity (Wildman–Crippen MR) is 92.6 cm³/mol. The molecule has 0 bridgehead atoms. The van der Waals surface area contributed by atoms with Crippen LogP contribution in [-0.4, -0.2) is 25.1 Å². The van der Waals surface area contributed by atoms with E-state index in [2.05, 4.69) is 5.32 Å². The summed E-state index contributed by atoms with van der Waals surface area (Å²) in [5.41, 5.74) is 1.05. The molecule has 0 heterocycles. The van der Waals surface area contributed by atoms with Gasteiger partial charge in [0, 0.05) is 10.7 Å². The Labute approximate surface area is 145 Å². The maximum Gasteiger partial charge on any atom is 0.338 e. The van der Waals surface area contributed by atoms with Crippen molar-refractivity contribution in [1.82, 2.24) is 0 Å². The number of amides is 1. The molecule has 0 aliphatic heterocycles. The van der Waals surface area contributed by atoms with Crippen LogP contribution in [0.25, 0.3) is 0 Å². The second-order valence-electron chi connectivity index (χ2n) is 4.90. The highest BCUT2D eigenvalue weighted by atomic mass is 35.5. The zero-order valence-corrected chi connectivity index (χ0v) is 14.0. The van der Waals surface area contributed by atoms with Crippen molar-refractivity contribution >= 4 is 29.2 Å². The number of hydrogen-bond donors (Lipinski definition) is 1. The van der Waals surface area contributed by atoms with Gasteiger partial charge in [-0.3, -0.25) is 4.79 Å². The van der Waals surface area contributed by atoms with Crippen LogP contribution in [0.3, 0.4) is 0 Å². The fraction of sp³-hybridized carbons (Fsp3) is 0.222. The maximum atomic E-state index is 11.9. The minimum atomic E-state index is -0.384. The summed E-state index contributed by atoms with van der Waals surface area (Å²) in [5.74, 6) is 0.0558. The first-order chi connectivity index (χ1) is 11.6. The molecule has 24 heavy (non-hydrogen) atoms. The molecular weight excluding hydrogens is 330 g/mol. The fourth-order valence-corrected chi connectivity index (χ4v) is 2.13. The highest BCUT2D eigenvalue weighted by molar-refractivity contribution is 6.30. The normalized spacial score (nSPS) is 10.1. The van der Waals surface area contributed by atoms with E-state index in [1.165, 1.54) is 0 Å². The van der Waals surface area contributed by atoms with E-state index in [4.69, 9.17) is 21.1 Å². The van der Waals surface area contributed by atoms with Crippen molar-refractivity contribution in [3.05, 3.63) is 59.1 Å². The first kappa shape index (κ1) is 17.8. The summed E-state index contributed by atoms with van der Waals surface area (Å²) >= 11 is 5.86. The topological polar surface area (TPSA) is 64.6 Å². The van der Waals surface area contributed by atoms with Crippen molar-refractivity contribution < 1.29 is 19.1 Å². The van der Waals surface area contributed by atoms with Gasteiger partial charge in [-0.25, -0.2) is 4.79 Å². The third-order valence-corrected chi connectivity index (χ3v) is 3.31. The smallest absolute Gasteiger partial charge is 0.338 e. The number of ether oxygens (including phenoxy) is 2. The molecule has 126 valence electrons. The van der Waals surface area contributed by atoms with Crippen molar-refractivity contribution in [2.24, 2.45) is 0 Å². The van der Waals surface area contributed by atoms with Crippen LogP contribution < -0.4 is 10.1 Å². The number of carbonyl (C=O) groups excluding carboxylic acids is 2. The van der Waals surface area contributed by atoms with Gasteiger partial charge in [-0.2, -0.15) is 0 Å². The van der Waals surface area contributed by atoms with Crippen molar-refractivity contribution in [3.63, 3.8) is 0 Å². The van der Waals surface area contributed by atoms with Crippen LogP contribution in [0.5, 0.6) is 5.75 Å². The fourth-order valence-electron chi connectivity index (χ4n) is 1.95. The summed E-state index contributed by atoms with van der Waals surface area (Å²) in [7, 11) is 0. The van der Waals surface area contributed by atoms with Gasteiger partial charge in [0.25, 0.3) is 0 Å². The SMILES string of the molecule is CCOC(=O)c1ccc(NC(=O)CCOc2cccc(Cl)c2)cc1. The monoisotopic (exact) mass is 347 g/mol. The molecule has 0 aliphatic carbocycles. The Morgan fingerprint density at radius 1 is 1.12 bits per heavy atom. The van der Waals surface area contributed by atoms with Crippen LogP contribution in [0.2, 0.25) is 5.02 Å².